The number of hydrogen-bond acceptors (Lipinski definition) is 6. The van der Waals surface area contributed by atoms with E-state index in [0.717, 1.165) is 103 Å². The van der Waals surface area contributed by atoms with Crippen LogP contribution in [0, 0.1) is 0 Å². The molecule has 0 aliphatic heterocycles. The van der Waals surface area contributed by atoms with E-state index in [1.165, 1.54) is 77.0 Å². The van der Waals surface area contributed by atoms with Crippen LogP contribution in [0.3, 0.4) is 0 Å². The van der Waals surface area contributed by atoms with Gasteiger partial charge in [-0.3, -0.25) is 14.4 Å². The van der Waals surface area contributed by atoms with Crippen molar-refractivity contribution in [2.24, 2.45) is 0 Å². The van der Waals surface area contributed by atoms with Crippen LogP contribution in [0.25, 0.3) is 0 Å². The lowest BCUT2D eigenvalue weighted by atomic mass is 10.1. The van der Waals surface area contributed by atoms with Crippen LogP contribution in [-0.2, 0) is 28.6 Å². The molecule has 6 heteroatoms. The first-order valence-corrected chi connectivity index (χ1v) is 25.7. The van der Waals surface area contributed by atoms with Gasteiger partial charge in [0, 0.05) is 19.3 Å². The first kappa shape index (κ1) is 59.3. The van der Waals surface area contributed by atoms with Gasteiger partial charge in [0.15, 0.2) is 6.10 Å². The first-order valence-electron chi connectivity index (χ1n) is 25.7. The van der Waals surface area contributed by atoms with E-state index < -0.39 is 6.10 Å². The van der Waals surface area contributed by atoms with Crippen LogP contribution >= 0.6 is 0 Å². The Morgan fingerprint density at radius 3 is 1.06 bits per heavy atom. The summed E-state index contributed by atoms with van der Waals surface area (Å²) in [6.07, 6.45) is 66.8. The molecule has 0 saturated carbocycles. The van der Waals surface area contributed by atoms with Crippen LogP contribution in [0.5, 0.6) is 0 Å². The molecule has 0 heterocycles. The summed E-state index contributed by atoms with van der Waals surface area (Å²) in [5.41, 5.74) is 0. The summed E-state index contributed by atoms with van der Waals surface area (Å²) in [5.74, 6) is -0.989. The maximum absolute atomic E-state index is 12.8. The highest BCUT2D eigenvalue weighted by Crippen LogP contribution is 2.14. The molecule has 0 spiro atoms. The molecule has 0 radical (unpaired) electrons. The van der Waals surface area contributed by atoms with Crippen molar-refractivity contribution in [1.29, 1.82) is 0 Å². The van der Waals surface area contributed by atoms with Crippen molar-refractivity contribution in [1.82, 2.24) is 0 Å². The summed E-state index contributed by atoms with van der Waals surface area (Å²) < 4.78 is 16.7. The number of hydrogen-bond donors (Lipinski definition) is 0. The van der Waals surface area contributed by atoms with Crippen LogP contribution in [-0.4, -0.2) is 37.2 Å². The Bertz CT molecular complexity index is 1280. The molecule has 6 nitrogen and oxygen atoms in total. The second-order valence-electron chi connectivity index (χ2n) is 16.7. The SMILES string of the molecule is CC/C=C\C/C=C\C/C=C\C/C=C\CCCCCCC(=O)OC[C@H](COC(=O)CCC/C=C\C/C=C\C/C=C\C/C=C\CCCCC)OC(=O)CCCCCCCCCCCCC. The van der Waals surface area contributed by atoms with E-state index in [0.29, 0.717) is 19.3 Å². The molecule has 0 saturated heterocycles. The number of ether oxygens (including phenoxy) is 3. The normalized spacial score (nSPS) is 12.9. The Balaban J connectivity index is 4.49. The van der Waals surface area contributed by atoms with Gasteiger partial charge in [-0.25, -0.2) is 0 Å². The Kier molecular flexibility index (Phi) is 48.0. The zero-order chi connectivity index (χ0) is 45.8. The number of allylic oxidation sites excluding steroid dienone is 16. The first-order chi connectivity index (χ1) is 31.0. The third kappa shape index (κ3) is 49.2. The van der Waals surface area contributed by atoms with Gasteiger partial charge < -0.3 is 14.2 Å². The molecular formula is C57H94O6. The Labute approximate surface area is 387 Å². The van der Waals surface area contributed by atoms with Gasteiger partial charge in [-0.2, -0.15) is 0 Å². The van der Waals surface area contributed by atoms with E-state index in [9.17, 15) is 14.4 Å². The summed E-state index contributed by atoms with van der Waals surface area (Å²) >= 11 is 0. The van der Waals surface area contributed by atoms with E-state index in [1.807, 2.05) is 0 Å². The fraction of sp³-hybridized carbons (Fsp3) is 0.667. The highest BCUT2D eigenvalue weighted by molar-refractivity contribution is 5.71. The van der Waals surface area contributed by atoms with E-state index in [2.05, 4.69) is 118 Å². The van der Waals surface area contributed by atoms with E-state index in [-0.39, 0.29) is 37.5 Å². The fourth-order valence-electron chi connectivity index (χ4n) is 6.72. The van der Waals surface area contributed by atoms with Crippen LogP contribution < -0.4 is 0 Å². The standard InChI is InChI=1S/C57H94O6/c1-4-7-10-13-16-19-22-24-26-28-30-32-35-37-40-43-46-49-55(58)61-52-54(63-57(60)51-48-45-42-39-34-21-18-15-12-9-6-3)53-62-56(59)50-47-44-41-38-36-33-31-29-27-25-23-20-17-14-11-8-5-2/h7,10,16-17,19-20,24-27,30-33,38,41,54H,4-6,8-9,11-15,18,21-23,28-29,34-37,39-40,42-53H2,1-3H3/b10-7-,19-16-,20-17-,26-24-,27-25-,32-30-,33-31-,41-38-/t54-/m1/s1. The molecule has 0 amide bonds. The lowest BCUT2D eigenvalue weighted by Crippen LogP contribution is -2.30. The van der Waals surface area contributed by atoms with Gasteiger partial charge in [-0.05, 0) is 96.3 Å². The van der Waals surface area contributed by atoms with Crippen molar-refractivity contribution in [2.45, 2.75) is 232 Å². The third-order valence-corrected chi connectivity index (χ3v) is 10.6. The van der Waals surface area contributed by atoms with E-state index in [4.69, 9.17) is 14.2 Å². The van der Waals surface area contributed by atoms with Crippen molar-refractivity contribution in [3.8, 4) is 0 Å². The Morgan fingerprint density at radius 1 is 0.333 bits per heavy atom. The fourth-order valence-corrected chi connectivity index (χ4v) is 6.72. The zero-order valence-electron chi connectivity index (χ0n) is 40.8. The maximum Gasteiger partial charge on any atom is 0.306 e. The largest absolute Gasteiger partial charge is 0.462 e. The van der Waals surface area contributed by atoms with Crippen molar-refractivity contribution < 1.29 is 28.6 Å². The van der Waals surface area contributed by atoms with Crippen LogP contribution in [0.4, 0.5) is 0 Å². The zero-order valence-corrected chi connectivity index (χ0v) is 40.8. The second-order valence-corrected chi connectivity index (χ2v) is 16.7. The molecule has 0 aromatic carbocycles. The van der Waals surface area contributed by atoms with Crippen LogP contribution in [0.2, 0.25) is 0 Å². The highest BCUT2D eigenvalue weighted by Gasteiger charge is 2.19. The summed E-state index contributed by atoms with van der Waals surface area (Å²) in [6, 6.07) is 0. The van der Waals surface area contributed by atoms with Gasteiger partial charge in [0.2, 0.25) is 0 Å². The molecule has 0 aromatic heterocycles. The van der Waals surface area contributed by atoms with Gasteiger partial charge in [0.1, 0.15) is 13.2 Å². The number of rotatable bonds is 45. The predicted octanol–water partition coefficient (Wildman–Crippen LogP) is 17.0. The Morgan fingerprint density at radius 2 is 0.635 bits per heavy atom. The summed E-state index contributed by atoms with van der Waals surface area (Å²) in [7, 11) is 0. The number of esters is 3. The molecule has 63 heavy (non-hydrogen) atoms. The maximum atomic E-state index is 12.8. The molecular weight excluding hydrogens is 781 g/mol. The molecule has 0 bridgehead atoms. The Hall–Kier alpha value is -3.67. The topological polar surface area (TPSA) is 78.9 Å². The molecule has 1 atom stereocenters. The minimum absolute atomic E-state index is 0.107. The summed E-state index contributed by atoms with van der Waals surface area (Å²) in [4.78, 5) is 37.9. The average molecular weight is 875 g/mol. The quantitative estimate of drug-likeness (QED) is 0.0262. The molecule has 0 aliphatic carbocycles. The molecule has 0 rings (SSSR count). The van der Waals surface area contributed by atoms with Gasteiger partial charge in [0.05, 0.1) is 0 Å². The van der Waals surface area contributed by atoms with Crippen molar-refractivity contribution in [2.75, 3.05) is 13.2 Å². The molecule has 0 fully saturated rings. The van der Waals surface area contributed by atoms with Gasteiger partial charge in [-0.15, -0.1) is 0 Å². The average Bonchev–Trinajstić information content (AvgIpc) is 3.28. The third-order valence-electron chi connectivity index (χ3n) is 10.6. The molecule has 0 aromatic rings. The highest BCUT2D eigenvalue weighted by atomic mass is 16.6. The van der Waals surface area contributed by atoms with Gasteiger partial charge in [-0.1, -0.05) is 208 Å². The van der Waals surface area contributed by atoms with Gasteiger partial charge >= 0.3 is 17.9 Å². The van der Waals surface area contributed by atoms with E-state index in [1.54, 1.807) is 0 Å². The number of carbonyl (C=O) groups excluding carboxylic acids is 3. The summed E-state index contributed by atoms with van der Waals surface area (Å²) in [5, 5.41) is 0. The van der Waals surface area contributed by atoms with Crippen molar-refractivity contribution in [3.63, 3.8) is 0 Å². The van der Waals surface area contributed by atoms with Crippen molar-refractivity contribution >= 4 is 17.9 Å². The van der Waals surface area contributed by atoms with E-state index >= 15 is 0 Å². The smallest absolute Gasteiger partial charge is 0.306 e. The lowest BCUT2D eigenvalue weighted by Gasteiger charge is -2.18. The van der Waals surface area contributed by atoms with Crippen molar-refractivity contribution in [3.05, 3.63) is 97.2 Å². The minimum Gasteiger partial charge on any atom is -0.462 e. The van der Waals surface area contributed by atoms with Gasteiger partial charge in [0.25, 0.3) is 0 Å². The minimum atomic E-state index is -0.808. The molecule has 0 unspecified atom stereocenters. The molecule has 0 aliphatic rings. The lowest BCUT2D eigenvalue weighted by molar-refractivity contribution is -0.167. The van der Waals surface area contributed by atoms with Crippen LogP contribution in [0.1, 0.15) is 226 Å². The second kappa shape index (κ2) is 51.0. The van der Waals surface area contributed by atoms with Crippen LogP contribution in [0.15, 0.2) is 97.2 Å². The molecule has 358 valence electrons. The molecule has 0 N–H and O–H groups in total. The number of unbranched alkanes of at least 4 members (excludes halogenated alkanes) is 18. The summed E-state index contributed by atoms with van der Waals surface area (Å²) in [6.45, 7) is 6.41. The predicted molar refractivity (Wildman–Crippen MR) is 270 cm³/mol. The monoisotopic (exact) mass is 875 g/mol. The number of carbonyl (C=O) groups is 3.